The van der Waals surface area contributed by atoms with Crippen LogP contribution in [0.3, 0.4) is 0 Å². The number of hydrogen-bond acceptors (Lipinski definition) is 6. The summed E-state index contributed by atoms with van der Waals surface area (Å²) < 4.78 is 5.21. The lowest BCUT2D eigenvalue weighted by molar-refractivity contribution is 0.112. The summed E-state index contributed by atoms with van der Waals surface area (Å²) in [6.07, 6.45) is 0.450. The minimum Gasteiger partial charge on any atom is -0.423 e. The van der Waals surface area contributed by atoms with E-state index in [9.17, 15) is 9.82 Å². The zero-order chi connectivity index (χ0) is 16.8. The van der Waals surface area contributed by atoms with Crippen molar-refractivity contribution in [3.63, 3.8) is 0 Å². The van der Waals surface area contributed by atoms with Crippen LogP contribution in [0, 0.1) is 0 Å². The van der Waals surface area contributed by atoms with Gasteiger partial charge in [0, 0.05) is 12.1 Å². The number of fused-ring (bicyclic) bond motifs is 1. The number of carbonyl (C=O) groups is 1. The Morgan fingerprint density at radius 3 is 2.43 bits per heavy atom. The standard InChI is InChI=1S/C8H10BNO2.C7H7BO3/c10-5-8-6-3-1-2-4-7(6)9(11)12-8;9-5-6-3-1-2-4-7(6)8(10)11/h1-4,8,11H,5,10H2;1-5,10-11H. The Morgan fingerprint density at radius 1 is 1.17 bits per heavy atom. The highest BCUT2D eigenvalue weighted by Crippen LogP contribution is 2.21. The van der Waals surface area contributed by atoms with Crippen molar-refractivity contribution >= 4 is 31.4 Å². The summed E-state index contributed by atoms with van der Waals surface area (Å²) in [6, 6.07) is 13.9. The molecule has 118 valence electrons. The molecule has 1 heterocycles. The molecule has 0 spiro atoms. The number of rotatable bonds is 3. The Hall–Kier alpha value is -1.96. The summed E-state index contributed by atoms with van der Waals surface area (Å²) in [5.74, 6) is 0. The SMILES string of the molecule is NCC1OB(O)c2ccccc21.O=Cc1ccccc1B(O)O. The summed E-state index contributed by atoms with van der Waals surface area (Å²) in [6.45, 7) is 0.411. The molecule has 0 amide bonds. The number of benzene rings is 2. The molecule has 23 heavy (non-hydrogen) atoms. The molecule has 1 aliphatic heterocycles. The van der Waals surface area contributed by atoms with Gasteiger partial charge in [-0.1, -0.05) is 48.5 Å². The lowest BCUT2D eigenvalue weighted by Gasteiger charge is -2.07. The average Bonchev–Trinajstić information content (AvgIpc) is 2.92. The van der Waals surface area contributed by atoms with E-state index in [1.54, 1.807) is 12.1 Å². The second-order valence-electron chi connectivity index (χ2n) is 4.96. The number of hydrogen-bond donors (Lipinski definition) is 4. The van der Waals surface area contributed by atoms with E-state index in [2.05, 4.69) is 0 Å². The van der Waals surface area contributed by atoms with Crippen molar-refractivity contribution in [3.05, 3.63) is 59.7 Å². The Bertz CT molecular complexity index is 668. The van der Waals surface area contributed by atoms with Crippen molar-refractivity contribution in [3.8, 4) is 0 Å². The summed E-state index contributed by atoms with van der Waals surface area (Å²) >= 11 is 0. The van der Waals surface area contributed by atoms with Crippen molar-refractivity contribution in [1.29, 1.82) is 0 Å². The van der Waals surface area contributed by atoms with Gasteiger partial charge in [-0.15, -0.1) is 0 Å². The molecular weight excluding hydrogens is 296 g/mol. The van der Waals surface area contributed by atoms with Crippen LogP contribution >= 0.6 is 0 Å². The smallest absolute Gasteiger partial charge is 0.423 e. The van der Waals surface area contributed by atoms with Crippen molar-refractivity contribution in [1.82, 2.24) is 0 Å². The number of nitrogens with two attached hydrogens (primary N) is 1. The van der Waals surface area contributed by atoms with E-state index in [1.165, 1.54) is 12.1 Å². The maximum Gasteiger partial charge on any atom is 0.492 e. The molecule has 2 aromatic carbocycles. The van der Waals surface area contributed by atoms with Gasteiger partial charge in [0.15, 0.2) is 0 Å². The first kappa shape index (κ1) is 17.4. The summed E-state index contributed by atoms with van der Waals surface area (Å²) in [5, 5.41) is 26.9. The Labute approximate surface area is 134 Å². The van der Waals surface area contributed by atoms with E-state index >= 15 is 0 Å². The molecule has 1 aliphatic rings. The van der Waals surface area contributed by atoms with Gasteiger partial charge < -0.3 is 25.5 Å². The molecule has 2 aromatic rings. The highest BCUT2D eigenvalue weighted by molar-refractivity contribution is 6.61. The van der Waals surface area contributed by atoms with Crippen molar-refractivity contribution in [2.45, 2.75) is 6.10 Å². The molecule has 0 aromatic heterocycles. The monoisotopic (exact) mass is 313 g/mol. The third-order valence-electron chi connectivity index (χ3n) is 3.52. The summed E-state index contributed by atoms with van der Waals surface area (Å²) in [4.78, 5) is 10.3. The zero-order valence-corrected chi connectivity index (χ0v) is 12.4. The van der Waals surface area contributed by atoms with Crippen molar-refractivity contribution in [2.75, 3.05) is 6.54 Å². The summed E-state index contributed by atoms with van der Waals surface area (Å²) in [5.41, 5.74) is 7.87. The van der Waals surface area contributed by atoms with Gasteiger partial charge in [-0.25, -0.2) is 0 Å². The number of aldehydes is 1. The normalized spacial score (nSPS) is 15.5. The first-order valence-corrected chi connectivity index (χ1v) is 7.11. The van der Waals surface area contributed by atoms with E-state index in [0.29, 0.717) is 18.4 Å². The maximum absolute atomic E-state index is 10.3. The molecule has 0 fully saturated rings. The van der Waals surface area contributed by atoms with E-state index in [0.717, 1.165) is 11.0 Å². The maximum atomic E-state index is 10.3. The van der Waals surface area contributed by atoms with Crippen LogP contribution in [0.4, 0.5) is 0 Å². The van der Waals surface area contributed by atoms with Gasteiger partial charge >= 0.3 is 14.2 Å². The van der Waals surface area contributed by atoms with Gasteiger partial charge in [-0.2, -0.15) is 0 Å². The lowest BCUT2D eigenvalue weighted by atomic mass is 9.77. The average molecular weight is 313 g/mol. The molecule has 3 rings (SSSR count). The first-order chi connectivity index (χ1) is 11.1. The van der Waals surface area contributed by atoms with Crippen LogP contribution < -0.4 is 16.7 Å². The van der Waals surface area contributed by atoms with Gasteiger partial charge in [0.25, 0.3) is 0 Å². The predicted molar refractivity (Wildman–Crippen MR) is 88.6 cm³/mol. The molecule has 5 N–H and O–H groups in total. The molecule has 1 unspecified atom stereocenters. The van der Waals surface area contributed by atoms with Crippen LogP contribution in [0.2, 0.25) is 0 Å². The second kappa shape index (κ2) is 8.05. The van der Waals surface area contributed by atoms with Gasteiger partial charge in [0.05, 0.1) is 6.10 Å². The molecule has 0 radical (unpaired) electrons. The Morgan fingerprint density at radius 2 is 1.83 bits per heavy atom. The first-order valence-electron chi connectivity index (χ1n) is 7.11. The molecule has 0 saturated heterocycles. The molecule has 0 aliphatic carbocycles. The number of carbonyl (C=O) groups excluding carboxylic acids is 1. The topological polar surface area (TPSA) is 113 Å². The third kappa shape index (κ3) is 4.07. The fraction of sp³-hybridized carbons (Fsp3) is 0.133. The van der Waals surface area contributed by atoms with Gasteiger partial charge in [0.2, 0.25) is 0 Å². The van der Waals surface area contributed by atoms with E-state index < -0.39 is 14.2 Å². The van der Waals surface area contributed by atoms with E-state index in [1.807, 2.05) is 24.3 Å². The third-order valence-corrected chi connectivity index (χ3v) is 3.52. The highest BCUT2D eigenvalue weighted by Gasteiger charge is 2.33. The van der Waals surface area contributed by atoms with Gasteiger partial charge in [-0.05, 0) is 16.5 Å². The minimum atomic E-state index is -1.57. The Kier molecular flexibility index (Phi) is 6.09. The van der Waals surface area contributed by atoms with Crippen LogP contribution in [0.25, 0.3) is 0 Å². The van der Waals surface area contributed by atoms with Crippen LogP contribution in [0.5, 0.6) is 0 Å². The largest absolute Gasteiger partial charge is 0.492 e. The van der Waals surface area contributed by atoms with Crippen molar-refractivity contribution < 1.29 is 24.5 Å². The zero-order valence-electron chi connectivity index (χ0n) is 12.4. The van der Waals surface area contributed by atoms with Gasteiger partial charge in [0.1, 0.15) is 6.29 Å². The minimum absolute atomic E-state index is 0.142. The molecule has 8 heteroatoms. The lowest BCUT2D eigenvalue weighted by Crippen LogP contribution is -2.32. The molecule has 6 nitrogen and oxygen atoms in total. The molecule has 0 bridgehead atoms. The molecule has 0 saturated carbocycles. The second-order valence-corrected chi connectivity index (χ2v) is 4.96. The quantitative estimate of drug-likeness (QED) is 0.409. The van der Waals surface area contributed by atoms with E-state index in [4.69, 9.17) is 20.4 Å². The van der Waals surface area contributed by atoms with Crippen LogP contribution in [0.15, 0.2) is 48.5 Å². The summed E-state index contributed by atoms with van der Waals surface area (Å²) in [7, 11) is -2.37. The van der Waals surface area contributed by atoms with E-state index in [-0.39, 0.29) is 11.6 Å². The fourth-order valence-corrected chi connectivity index (χ4v) is 2.37. The molecule has 1 atom stereocenters. The fourth-order valence-electron chi connectivity index (χ4n) is 2.37. The Balaban J connectivity index is 0.000000168. The van der Waals surface area contributed by atoms with Gasteiger partial charge in [-0.3, -0.25) is 4.79 Å². The van der Waals surface area contributed by atoms with Crippen LogP contribution in [-0.4, -0.2) is 42.1 Å². The highest BCUT2D eigenvalue weighted by atomic mass is 16.5. The van der Waals surface area contributed by atoms with Crippen molar-refractivity contribution in [2.24, 2.45) is 5.73 Å². The predicted octanol–water partition coefficient (Wildman–Crippen LogP) is -1.42. The molecular formula is C15H17B2NO5. The van der Waals surface area contributed by atoms with Crippen LogP contribution in [-0.2, 0) is 4.65 Å². The van der Waals surface area contributed by atoms with Crippen LogP contribution in [0.1, 0.15) is 22.0 Å².